The average Bonchev–Trinajstić information content (AvgIpc) is 3.37. The fraction of sp³-hybridized carbons (Fsp3) is 0.370. The number of fused-ring (bicyclic) bond motifs is 1. The molecule has 5 heterocycles. The zero-order valence-corrected chi connectivity index (χ0v) is 21.7. The van der Waals surface area contributed by atoms with Crippen molar-refractivity contribution in [2.45, 2.75) is 37.6 Å². The summed E-state index contributed by atoms with van der Waals surface area (Å²) in [5.41, 5.74) is 1.02. The molecule has 0 aliphatic carbocycles. The molecule has 2 aliphatic heterocycles. The Labute approximate surface area is 223 Å². The minimum absolute atomic E-state index is 0.106. The van der Waals surface area contributed by atoms with E-state index >= 15 is 0 Å². The molecule has 6 rings (SSSR count). The summed E-state index contributed by atoms with van der Waals surface area (Å²) in [6.07, 6.45) is 4.11. The first kappa shape index (κ1) is 24.4. The highest BCUT2D eigenvalue weighted by Crippen LogP contribution is 2.34. The number of para-hydroxylation sites is 1. The summed E-state index contributed by atoms with van der Waals surface area (Å²) in [5.74, 6) is 2.21. The predicted octanol–water partition coefficient (Wildman–Crippen LogP) is 4.38. The molecule has 1 atom stereocenters. The van der Waals surface area contributed by atoms with Crippen LogP contribution in [0.4, 0.5) is 16.4 Å². The third-order valence-electron chi connectivity index (χ3n) is 7.33. The van der Waals surface area contributed by atoms with Crippen molar-refractivity contribution in [1.29, 1.82) is 0 Å². The van der Waals surface area contributed by atoms with Gasteiger partial charge in [0.1, 0.15) is 28.0 Å². The van der Waals surface area contributed by atoms with Gasteiger partial charge in [-0.1, -0.05) is 18.2 Å². The molecule has 10 nitrogen and oxygen atoms in total. The fourth-order valence-electron chi connectivity index (χ4n) is 5.35. The lowest BCUT2D eigenvalue weighted by molar-refractivity contribution is 0.133. The summed E-state index contributed by atoms with van der Waals surface area (Å²) >= 11 is 1.46. The van der Waals surface area contributed by atoms with Gasteiger partial charge in [-0.2, -0.15) is 0 Å². The molecule has 3 N–H and O–H groups in total. The highest BCUT2D eigenvalue weighted by molar-refractivity contribution is 7.21. The van der Waals surface area contributed by atoms with E-state index in [0.29, 0.717) is 35.3 Å². The quantitative estimate of drug-likeness (QED) is 0.346. The summed E-state index contributed by atoms with van der Waals surface area (Å²) in [7, 11) is 0. The van der Waals surface area contributed by atoms with Gasteiger partial charge in [-0.15, -0.1) is 11.3 Å². The molecule has 1 aromatic carbocycles. The highest BCUT2D eigenvalue weighted by atomic mass is 32.1. The number of likely N-dealkylation sites (tertiary alicyclic amines) is 1. The molecule has 11 heteroatoms. The van der Waals surface area contributed by atoms with Gasteiger partial charge in [0, 0.05) is 44.3 Å². The van der Waals surface area contributed by atoms with E-state index in [9.17, 15) is 14.7 Å². The van der Waals surface area contributed by atoms with Gasteiger partial charge < -0.3 is 25.2 Å². The van der Waals surface area contributed by atoms with Crippen LogP contribution in [0.2, 0.25) is 0 Å². The monoisotopic (exact) mass is 531 g/mol. The van der Waals surface area contributed by atoms with Crippen molar-refractivity contribution in [3.8, 4) is 10.6 Å². The lowest BCUT2D eigenvalue weighted by atomic mass is 9.95. The number of H-pyrrole nitrogens is 1. The molecule has 2 saturated heterocycles. The standard InChI is InChI=1S/C27H29N7O3S/c35-25-22(26-30-19-7-1-2-8-20(19)38-26)24(29-18-6-5-13-34(16-18)27(36)37)31-23(32-25)17-10-14-33(15-11-17)21-9-3-4-12-28-21/h1-4,7-9,12,17-18H,5-6,10-11,13-16H2,(H,36,37)(H2,29,31,32,35)/t18-/m1/s1. The number of aromatic nitrogens is 4. The van der Waals surface area contributed by atoms with Gasteiger partial charge in [-0.25, -0.2) is 19.7 Å². The van der Waals surface area contributed by atoms with Crippen LogP contribution in [0, 0.1) is 0 Å². The van der Waals surface area contributed by atoms with Crippen LogP contribution in [0.25, 0.3) is 20.8 Å². The number of hydrogen-bond donors (Lipinski definition) is 3. The Bertz CT molecular complexity index is 1460. The van der Waals surface area contributed by atoms with Gasteiger partial charge in [0.15, 0.2) is 0 Å². The van der Waals surface area contributed by atoms with Crippen LogP contribution < -0.4 is 15.8 Å². The van der Waals surface area contributed by atoms with Crippen LogP contribution in [0.5, 0.6) is 0 Å². The van der Waals surface area contributed by atoms with E-state index in [1.54, 1.807) is 6.20 Å². The van der Waals surface area contributed by atoms with E-state index in [1.165, 1.54) is 16.2 Å². The molecule has 0 bridgehead atoms. The molecule has 0 radical (unpaired) electrons. The van der Waals surface area contributed by atoms with Crippen LogP contribution in [-0.4, -0.2) is 68.3 Å². The fourth-order valence-corrected chi connectivity index (χ4v) is 6.36. The lowest BCUT2D eigenvalue weighted by Crippen LogP contribution is -2.45. The number of pyridine rings is 1. The number of carbonyl (C=O) groups is 1. The molecule has 1 amide bonds. The van der Waals surface area contributed by atoms with Gasteiger partial charge in [0.25, 0.3) is 5.56 Å². The Balaban J connectivity index is 1.32. The van der Waals surface area contributed by atoms with Crippen molar-refractivity contribution >= 4 is 39.3 Å². The number of rotatable bonds is 5. The second kappa shape index (κ2) is 10.4. The van der Waals surface area contributed by atoms with Crippen LogP contribution in [0.1, 0.15) is 37.4 Å². The van der Waals surface area contributed by atoms with Crippen molar-refractivity contribution in [3.63, 3.8) is 0 Å². The van der Waals surface area contributed by atoms with E-state index < -0.39 is 6.09 Å². The number of carboxylic acid groups (broad SMARTS) is 1. The smallest absolute Gasteiger partial charge is 0.407 e. The zero-order chi connectivity index (χ0) is 26.1. The van der Waals surface area contributed by atoms with Crippen molar-refractivity contribution in [1.82, 2.24) is 24.8 Å². The number of thiazole rings is 1. The van der Waals surface area contributed by atoms with Crippen molar-refractivity contribution < 1.29 is 9.90 Å². The number of nitrogens with zero attached hydrogens (tertiary/aromatic N) is 5. The Kier molecular flexibility index (Phi) is 6.67. The van der Waals surface area contributed by atoms with Crippen LogP contribution in [0.15, 0.2) is 53.5 Å². The number of hydrogen-bond acceptors (Lipinski definition) is 8. The number of aromatic amines is 1. The second-order valence-electron chi connectivity index (χ2n) is 9.82. The Morgan fingerprint density at radius 2 is 1.87 bits per heavy atom. The Morgan fingerprint density at radius 1 is 1.05 bits per heavy atom. The molecular formula is C27H29N7O3S. The van der Waals surface area contributed by atoms with Gasteiger partial charge in [0.2, 0.25) is 0 Å². The summed E-state index contributed by atoms with van der Waals surface area (Å²) in [6, 6.07) is 13.6. The number of benzene rings is 1. The largest absolute Gasteiger partial charge is 0.465 e. The number of piperidine rings is 2. The molecular weight excluding hydrogens is 502 g/mol. The molecule has 2 aliphatic rings. The minimum Gasteiger partial charge on any atom is -0.465 e. The maximum atomic E-state index is 13.6. The SMILES string of the molecule is O=C(O)N1CCC[C@@H](Nc2nc(C3CCN(c4ccccn4)CC3)[nH]c(=O)c2-c2nc3ccccc3s2)C1. The van der Waals surface area contributed by atoms with Crippen LogP contribution in [-0.2, 0) is 0 Å². The molecule has 2 fully saturated rings. The molecule has 3 aromatic heterocycles. The first-order valence-electron chi connectivity index (χ1n) is 13.0. The van der Waals surface area contributed by atoms with Crippen molar-refractivity contribution in [2.75, 3.05) is 36.4 Å². The Morgan fingerprint density at radius 3 is 2.63 bits per heavy atom. The predicted molar refractivity (Wildman–Crippen MR) is 148 cm³/mol. The minimum atomic E-state index is -0.929. The summed E-state index contributed by atoms with van der Waals surface area (Å²) in [5, 5.41) is 13.6. The third-order valence-corrected chi connectivity index (χ3v) is 8.39. The van der Waals surface area contributed by atoms with E-state index in [-0.39, 0.29) is 17.5 Å². The maximum Gasteiger partial charge on any atom is 0.407 e. The average molecular weight is 532 g/mol. The van der Waals surface area contributed by atoms with Crippen molar-refractivity contribution in [3.05, 3.63) is 64.8 Å². The molecule has 0 unspecified atom stereocenters. The maximum absolute atomic E-state index is 13.6. The number of nitrogens with one attached hydrogen (secondary N) is 2. The van der Waals surface area contributed by atoms with Crippen molar-refractivity contribution in [2.24, 2.45) is 0 Å². The van der Waals surface area contributed by atoms with Gasteiger partial charge in [-0.3, -0.25) is 4.79 Å². The van der Waals surface area contributed by atoms with E-state index in [2.05, 4.69) is 20.2 Å². The first-order valence-corrected chi connectivity index (χ1v) is 13.8. The third kappa shape index (κ3) is 4.93. The molecule has 4 aromatic rings. The number of anilines is 2. The van der Waals surface area contributed by atoms with E-state index in [1.807, 2.05) is 42.5 Å². The molecule has 0 saturated carbocycles. The first-order chi connectivity index (χ1) is 18.5. The Hall–Kier alpha value is -3.99. The zero-order valence-electron chi connectivity index (χ0n) is 20.8. The summed E-state index contributed by atoms with van der Waals surface area (Å²) < 4.78 is 0.994. The number of amides is 1. The normalized spacial score (nSPS) is 18.6. The molecule has 0 spiro atoms. The second-order valence-corrected chi connectivity index (χ2v) is 10.9. The van der Waals surface area contributed by atoms with Gasteiger partial charge in [-0.05, 0) is 49.9 Å². The van der Waals surface area contributed by atoms with Gasteiger partial charge in [0.05, 0.1) is 10.2 Å². The van der Waals surface area contributed by atoms with Crippen LogP contribution in [0.3, 0.4) is 0 Å². The van der Waals surface area contributed by atoms with E-state index in [0.717, 1.165) is 54.8 Å². The lowest BCUT2D eigenvalue weighted by Gasteiger charge is -2.33. The highest BCUT2D eigenvalue weighted by Gasteiger charge is 2.28. The summed E-state index contributed by atoms with van der Waals surface area (Å²) in [4.78, 5) is 46.1. The topological polar surface area (TPSA) is 127 Å². The van der Waals surface area contributed by atoms with Crippen LogP contribution >= 0.6 is 11.3 Å². The van der Waals surface area contributed by atoms with E-state index in [4.69, 9.17) is 9.97 Å². The molecule has 196 valence electrons. The van der Waals surface area contributed by atoms with Gasteiger partial charge >= 0.3 is 6.09 Å². The molecule has 38 heavy (non-hydrogen) atoms. The summed E-state index contributed by atoms with van der Waals surface area (Å²) in [6.45, 7) is 2.51.